The molecule has 6 heteroatoms. The van der Waals surface area contributed by atoms with Gasteiger partial charge >= 0.3 is 0 Å². The number of fused-ring (bicyclic) bond motifs is 3. The van der Waals surface area contributed by atoms with Gasteiger partial charge in [0.25, 0.3) is 0 Å². The minimum Gasteiger partial charge on any atom is -0.333 e. The number of halogens is 1. The molecule has 2 N–H and O–H groups in total. The number of nitrogens with two attached hydrogens (primary N) is 1. The van der Waals surface area contributed by atoms with Crippen molar-refractivity contribution >= 4 is 48.7 Å². The molecule has 4 nitrogen and oxygen atoms in total. The molecule has 0 aliphatic heterocycles. The lowest BCUT2D eigenvalue weighted by Gasteiger charge is -1.91. The highest BCUT2D eigenvalue weighted by Crippen LogP contribution is 2.28. The summed E-state index contributed by atoms with van der Waals surface area (Å²) in [6, 6.07) is 5.64. The Labute approximate surface area is 124 Å². The molecule has 0 aliphatic carbocycles. The Balaban J connectivity index is 0.000000415. The van der Waals surface area contributed by atoms with E-state index in [-0.39, 0.29) is 0 Å². The van der Waals surface area contributed by atoms with Crippen LogP contribution in [-0.4, -0.2) is 22.7 Å². The number of thiazole rings is 1. The van der Waals surface area contributed by atoms with Crippen LogP contribution in [0.5, 0.6) is 0 Å². The van der Waals surface area contributed by atoms with Gasteiger partial charge < -0.3 is 5.73 Å². The number of hydrogen-bond acceptors (Lipinski definition) is 4. The van der Waals surface area contributed by atoms with Gasteiger partial charge in [-0.15, -0.1) is 0 Å². The molecular formula is C13H16BrN3OS. The van der Waals surface area contributed by atoms with Crippen molar-refractivity contribution in [2.24, 2.45) is 5.73 Å². The predicted octanol–water partition coefficient (Wildman–Crippen LogP) is 3.73. The number of rotatable bonds is 1. The lowest BCUT2D eigenvalue weighted by atomic mass is 10.2. The number of hydrogen-bond donors (Lipinski definition) is 1. The Morgan fingerprint density at radius 3 is 2.68 bits per heavy atom. The first-order chi connectivity index (χ1) is 9.28. The number of aromatic nitrogens is 2. The van der Waals surface area contributed by atoms with Crippen LogP contribution in [0.15, 0.2) is 29.0 Å². The molecule has 0 aliphatic rings. The molecule has 1 aromatic carbocycles. The number of benzene rings is 1. The largest absolute Gasteiger partial charge is 0.333 e. The molecule has 19 heavy (non-hydrogen) atoms. The standard InChI is InChI=1S/C10H5BrN2OS.C2H6.CH5N/c11-9-4-13-7-2-1-6(5-14)3-8(7)15-10(13)12-9;2*1-2/h1-5H;1-2H3;2H2,1H3. The highest BCUT2D eigenvalue weighted by molar-refractivity contribution is 9.10. The zero-order chi connectivity index (χ0) is 14.4. The van der Waals surface area contributed by atoms with Crippen LogP contribution < -0.4 is 5.73 Å². The summed E-state index contributed by atoms with van der Waals surface area (Å²) in [6.07, 6.45) is 2.78. The summed E-state index contributed by atoms with van der Waals surface area (Å²) in [5.74, 6) is 0. The second kappa shape index (κ2) is 7.37. The Hall–Kier alpha value is -1.24. The van der Waals surface area contributed by atoms with E-state index in [2.05, 4.69) is 26.6 Å². The minimum atomic E-state index is 0.700. The summed E-state index contributed by atoms with van der Waals surface area (Å²) in [5.41, 5.74) is 6.28. The lowest BCUT2D eigenvalue weighted by Crippen LogP contribution is -1.80. The van der Waals surface area contributed by atoms with Crippen LogP contribution in [0, 0.1) is 0 Å². The molecule has 0 fully saturated rings. The third kappa shape index (κ3) is 3.20. The monoisotopic (exact) mass is 341 g/mol. The number of carbonyl (C=O) groups is 1. The first kappa shape index (κ1) is 15.8. The maximum atomic E-state index is 10.6. The third-order valence-electron chi connectivity index (χ3n) is 2.22. The van der Waals surface area contributed by atoms with Crippen LogP contribution in [0.4, 0.5) is 0 Å². The lowest BCUT2D eigenvalue weighted by molar-refractivity contribution is 0.112. The van der Waals surface area contributed by atoms with Crippen molar-refractivity contribution in [3.63, 3.8) is 0 Å². The van der Waals surface area contributed by atoms with E-state index in [1.54, 1.807) is 11.3 Å². The fraction of sp³-hybridized carbons (Fsp3) is 0.231. The van der Waals surface area contributed by atoms with Gasteiger partial charge in [0, 0.05) is 11.8 Å². The topological polar surface area (TPSA) is 60.4 Å². The number of aldehydes is 1. The predicted molar refractivity (Wildman–Crippen MR) is 85.1 cm³/mol. The van der Waals surface area contributed by atoms with Crippen molar-refractivity contribution in [3.8, 4) is 0 Å². The van der Waals surface area contributed by atoms with Crippen molar-refractivity contribution in [2.45, 2.75) is 13.8 Å². The van der Waals surface area contributed by atoms with E-state index in [0.717, 1.165) is 26.1 Å². The van der Waals surface area contributed by atoms with Gasteiger partial charge in [-0.2, -0.15) is 0 Å². The van der Waals surface area contributed by atoms with Gasteiger partial charge in [0.1, 0.15) is 10.9 Å². The van der Waals surface area contributed by atoms with Crippen LogP contribution >= 0.6 is 27.3 Å². The molecule has 102 valence electrons. The van der Waals surface area contributed by atoms with Crippen molar-refractivity contribution in [1.82, 2.24) is 9.38 Å². The molecular weight excluding hydrogens is 326 g/mol. The van der Waals surface area contributed by atoms with Crippen LogP contribution in [0.1, 0.15) is 24.2 Å². The minimum absolute atomic E-state index is 0.700. The molecule has 0 spiro atoms. The van der Waals surface area contributed by atoms with Crippen molar-refractivity contribution in [3.05, 3.63) is 34.6 Å². The van der Waals surface area contributed by atoms with Gasteiger partial charge in [-0.25, -0.2) is 4.98 Å². The van der Waals surface area contributed by atoms with Crippen molar-refractivity contribution < 1.29 is 4.79 Å². The van der Waals surface area contributed by atoms with E-state index in [4.69, 9.17) is 0 Å². The zero-order valence-corrected chi connectivity index (χ0v) is 13.5. The molecule has 0 saturated carbocycles. The highest BCUT2D eigenvalue weighted by atomic mass is 79.9. The second-order valence-corrected chi connectivity index (χ2v) is 4.98. The molecule has 0 bridgehead atoms. The summed E-state index contributed by atoms with van der Waals surface area (Å²) in [6.45, 7) is 4.00. The van der Waals surface area contributed by atoms with E-state index < -0.39 is 0 Å². The van der Waals surface area contributed by atoms with E-state index >= 15 is 0 Å². The number of imidazole rings is 1. The average molecular weight is 342 g/mol. The summed E-state index contributed by atoms with van der Waals surface area (Å²) >= 11 is 4.91. The highest BCUT2D eigenvalue weighted by Gasteiger charge is 2.07. The molecule has 0 atom stereocenters. The smallest absolute Gasteiger partial charge is 0.195 e. The van der Waals surface area contributed by atoms with Crippen molar-refractivity contribution in [2.75, 3.05) is 7.05 Å². The number of nitrogens with zero attached hydrogens (tertiary/aromatic N) is 2. The van der Waals surface area contributed by atoms with Gasteiger partial charge in [-0.1, -0.05) is 25.2 Å². The SMILES string of the molecule is CC.CN.O=Cc1ccc2c(c1)sc1nc(Br)cn12. The fourth-order valence-corrected chi connectivity index (χ4v) is 3.11. The molecule has 0 saturated heterocycles. The van der Waals surface area contributed by atoms with Crippen LogP contribution in [0.2, 0.25) is 0 Å². The van der Waals surface area contributed by atoms with Crippen LogP contribution in [0.25, 0.3) is 15.2 Å². The Kier molecular flexibility index (Phi) is 6.14. The maximum Gasteiger partial charge on any atom is 0.195 e. The Morgan fingerprint density at radius 2 is 2.05 bits per heavy atom. The molecule has 0 radical (unpaired) electrons. The average Bonchev–Trinajstić information content (AvgIpc) is 2.98. The van der Waals surface area contributed by atoms with Crippen LogP contribution in [0.3, 0.4) is 0 Å². The Morgan fingerprint density at radius 1 is 1.37 bits per heavy atom. The molecule has 0 amide bonds. The van der Waals surface area contributed by atoms with Gasteiger partial charge in [0.2, 0.25) is 0 Å². The number of carbonyl (C=O) groups excluding carboxylic acids is 1. The first-order valence-corrected chi connectivity index (χ1v) is 7.49. The van der Waals surface area contributed by atoms with E-state index in [9.17, 15) is 4.79 Å². The van der Waals surface area contributed by atoms with Gasteiger partial charge in [0.05, 0.1) is 10.2 Å². The molecule has 3 rings (SSSR count). The van der Waals surface area contributed by atoms with Crippen molar-refractivity contribution in [1.29, 1.82) is 0 Å². The fourth-order valence-electron chi connectivity index (χ4n) is 1.56. The van der Waals surface area contributed by atoms with Gasteiger partial charge in [-0.05, 0) is 41.2 Å². The van der Waals surface area contributed by atoms with E-state index in [0.29, 0.717) is 5.56 Å². The maximum absolute atomic E-state index is 10.6. The van der Waals surface area contributed by atoms with E-state index in [1.807, 2.05) is 42.6 Å². The van der Waals surface area contributed by atoms with E-state index in [1.165, 1.54) is 7.05 Å². The molecule has 2 aromatic heterocycles. The first-order valence-electron chi connectivity index (χ1n) is 5.88. The summed E-state index contributed by atoms with van der Waals surface area (Å²) < 4.78 is 3.92. The van der Waals surface area contributed by atoms with Gasteiger partial charge in [0.15, 0.2) is 4.96 Å². The molecule has 3 aromatic rings. The summed E-state index contributed by atoms with van der Waals surface area (Å²) in [4.78, 5) is 15.9. The summed E-state index contributed by atoms with van der Waals surface area (Å²) in [5, 5.41) is 0. The quantitative estimate of drug-likeness (QED) is 0.686. The van der Waals surface area contributed by atoms with Gasteiger partial charge in [-0.3, -0.25) is 9.20 Å². The zero-order valence-electron chi connectivity index (χ0n) is 11.1. The molecule has 2 heterocycles. The normalized spacial score (nSPS) is 9.53. The second-order valence-electron chi connectivity index (χ2n) is 3.16. The van der Waals surface area contributed by atoms with Crippen LogP contribution in [-0.2, 0) is 0 Å². The summed E-state index contributed by atoms with van der Waals surface area (Å²) in [7, 11) is 1.50. The third-order valence-corrected chi connectivity index (χ3v) is 3.62. The Bertz CT molecular complexity index is 675. The molecule has 0 unspecified atom stereocenters.